The molecule has 1 aromatic heterocycles. The first-order valence-electron chi connectivity index (χ1n) is 15.5. The molecular weight excluding hydrogens is 646 g/mol. The molecule has 0 amide bonds. The molecular formula is C37H31N3O8S. The van der Waals surface area contributed by atoms with Crippen LogP contribution >= 0.6 is 11.3 Å². The molecule has 5 aromatic rings. The molecule has 0 radical (unpaired) electrons. The van der Waals surface area contributed by atoms with Crippen molar-refractivity contribution in [2.45, 2.75) is 39.8 Å². The summed E-state index contributed by atoms with van der Waals surface area (Å²) in [5.41, 5.74) is 1.40. The molecule has 1 aliphatic heterocycles. The number of benzene rings is 4. The van der Waals surface area contributed by atoms with Gasteiger partial charge in [0, 0.05) is 17.7 Å². The Hall–Kier alpha value is -5.88. The molecule has 49 heavy (non-hydrogen) atoms. The molecule has 0 bridgehead atoms. The highest BCUT2D eigenvalue weighted by atomic mass is 32.1. The Labute approximate surface area is 284 Å². The van der Waals surface area contributed by atoms with Crippen LogP contribution in [0.15, 0.2) is 106 Å². The van der Waals surface area contributed by atoms with Crippen molar-refractivity contribution in [1.82, 2.24) is 4.57 Å². The molecule has 0 spiro atoms. The molecule has 0 fully saturated rings. The topological polar surface area (TPSA) is 139 Å². The first-order valence-corrected chi connectivity index (χ1v) is 16.3. The van der Waals surface area contributed by atoms with Crippen LogP contribution in [0.4, 0.5) is 5.69 Å². The van der Waals surface area contributed by atoms with Gasteiger partial charge in [0.15, 0.2) is 4.80 Å². The quantitative estimate of drug-likeness (QED) is 0.0818. The summed E-state index contributed by atoms with van der Waals surface area (Å²) in [5, 5.41) is 12.7. The van der Waals surface area contributed by atoms with Gasteiger partial charge in [0.2, 0.25) is 0 Å². The van der Waals surface area contributed by atoms with Crippen molar-refractivity contribution in [3.63, 3.8) is 0 Å². The number of esters is 2. The van der Waals surface area contributed by atoms with Crippen molar-refractivity contribution in [2.24, 2.45) is 4.99 Å². The Morgan fingerprint density at radius 3 is 2.39 bits per heavy atom. The number of fused-ring (bicyclic) bond motifs is 2. The van der Waals surface area contributed by atoms with E-state index in [0.29, 0.717) is 31.9 Å². The average Bonchev–Trinajstić information content (AvgIpc) is 3.39. The third-order valence-electron chi connectivity index (χ3n) is 7.81. The van der Waals surface area contributed by atoms with Crippen molar-refractivity contribution in [2.75, 3.05) is 6.61 Å². The number of rotatable bonds is 9. The smallest absolute Gasteiger partial charge is 0.343 e. The maximum absolute atomic E-state index is 14.3. The van der Waals surface area contributed by atoms with Crippen molar-refractivity contribution in [3.8, 4) is 11.5 Å². The second-order valence-corrected chi connectivity index (χ2v) is 12.4. The highest BCUT2D eigenvalue weighted by Gasteiger charge is 2.33. The highest BCUT2D eigenvalue weighted by Crippen LogP contribution is 2.33. The molecule has 0 saturated carbocycles. The summed E-state index contributed by atoms with van der Waals surface area (Å²) in [4.78, 5) is 56.4. The summed E-state index contributed by atoms with van der Waals surface area (Å²) in [5.74, 6) is -0.453. The molecule has 0 saturated heterocycles. The number of aromatic nitrogens is 1. The highest BCUT2D eigenvalue weighted by molar-refractivity contribution is 7.07. The number of nitro benzene ring substituents is 1. The summed E-state index contributed by atoms with van der Waals surface area (Å²) in [6.45, 7) is 7.43. The standard InChI is InChI=1S/C37H31N3O8S/c1-5-46-36(43)32-22(4)38-37-39(33(32)24-12-17-27(18-13-24)47-21(2)3)34(41)31(49-37)20-29-28-9-7-6-8-23(28)14-19-30(29)48-35(42)25-10-15-26(16-11-25)40(44)45/h6-21,33H,5H2,1-4H3/b31-20-/t33-/m1/s1. The van der Waals surface area contributed by atoms with E-state index >= 15 is 0 Å². The molecule has 0 unspecified atom stereocenters. The average molecular weight is 678 g/mol. The van der Waals surface area contributed by atoms with Crippen LogP contribution in [0.1, 0.15) is 55.2 Å². The molecule has 6 rings (SSSR count). The van der Waals surface area contributed by atoms with E-state index in [1.54, 1.807) is 44.2 Å². The number of non-ortho nitro benzene ring substituents is 1. The van der Waals surface area contributed by atoms with Crippen molar-refractivity contribution >= 4 is 45.8 Å². The summed E-state index contributed by atoms with van der Waals surface area (Å²) in [6.07, 6.45) is 1.62. The van der Waals surface area contributed by atoms with Crippen molar-refractivity contribution < 1.29 is 28.7 Å². The van der Waals surface area contributed by atoms with Crippen LogP contribution in [0.5, 0.6) is 11.5 Å². The lowest BCUT2D eigenvalue weighted by Crippen LogP contribution is -2.39. The normalized spacial score (nSPS) is 14.4. The van der Waals surface area contributed by atoms with Crippen molar-refractivity contribution in [3.05, 3.63) is 143 Å². The van der Waals surface area contributed by atoms with Gasteiger partial charge >= 0.3 is 11.9 Å². The Morgan fingerprint density at radius 1 is 1.00 bits per heavy atom. The van der Waals surface area contributed by atoms with E-state index in [9.17, 15) is 24.5 Å². The number of carbonyl (C=O) groups excluding carboxylic acids is 2. The van der Waals surface area contributed by atoms with E-state index in [2.05, 4.69) is 4.99 Å². The number of allylic oxidation sites excluding steroid dienone is 1. The molecule has 0 aliphatic carbocycles. The molecule has 4 aromatic carbocycles. The van der Waals surface area contributed by atoms with Crippen LogP contribution in [0, 0.1) is 10.1 Å². The van der Waals surface area contributed by atoms with Crippen LogP contribution in [0.3, 0.4) is 0 Å². The SMILES string of the molecule is CCOC(=O)C1=C(C)N=c2s/c(=C\c3c(OC(=O)c4ccc([N+](=O)[O-])cc4)ccc4ccccc34)c(=O)n2[C@@H]1c1ccc(OC(C)C)cc1. The van der Waals surface area contributed by atoms with Crippen LogP contribution < -0.4 is 24.4 Å². The second-order valence-electron chi connectivity index (χ2n) is 11.4. The molecule has 1 atom stereocenters. The first-order chi connectivity index (χ1) is 23.5. The molecule has 0 N–H and O–H groups in total. The van der Waals surface area contributed by atoms with E-state index in [1.165, 1.54) is 28.8 Å². The third-order valence-corrected chi connectivity index (χ3v) is 8.79. The zero-order valence-corrected chi connectivity index (χ0v) is 27.9. The number of nitro groups is 1. The minimum atomic E-state index is -0.822. The lowest BCUT2D eigenvalue weighted by molar-refractivity contribution is -0.384. The Kier molecular flexibility index (Phi) is 9.23. The van der Waals surface area contributed by atoms with Crippen LogP contribution in [-0.4, -0.2) is 34.1 Å². The third kappa shape index (κ3) is 6.63. The predicted octanol–water partition coefficient (Wildman–Crippen LogP) is 5.87. The maximum Gasteiger partial charge on any atom is 0.343 e. The van der Waals surface area contributed by atoms with E-state index in [4.69, 9.17) is 14.2 Å². The van der Waals surface area contributed by atoms with Crippen LogP contribution in [0.25, 0.3) is 16.8 Å². The summed E-state index contributed by atoms with van der Waals surface area (Å²) in [7, 11) is 0. The summed E-state index contributed by atoms with van der Waals surface area (Å²) < 4.78 is 18.8. The van der Waals surface area contributed by atoms with Gasteiger partial charge in [-0.1, -0.05) is 53.8 Å². The fourth-order valence-corrected chi connectivity index (χ4v) is 6.66. The molecule has 1 aliphatic rings. The zero-order chi connectivity index (χ0) is 34.8. The molecule has 11 nitrogen and oxygen atoms in total. The Bertz CT molecular complexity index is 2320. The van der Waals surface area contributed by atoms with E-state index in [-0.39, 0.29) is 35.3 Å². The minimum Gasteiger partial charge on any atom is -0.491 e. The van der Waals surface area contributed by atoms with Crippen molar-refractivity contribution in [1.29, 1.82) is 0 Å². The fourth-order valence-electron chi connectivity index (χ4n) is 5.63. The number of hydrogen-bond acceptors (Lipinski definition) is 10. The molecule has 248 valence electrons. The lowest BCUT2D eigenvalue weighted by Gasteiger charge is -2.25. The number of thiazole rings is 1. The summed E-state index contributed by atoms with van der Waals surface area (Å²) >= 11 is 1.15. The van der Waals surface area contributed by atoms with Gasteiger partial charge in [0.05, 0.1) is 45.0 Å². The predicted molar refractivity (Wildman–Crippen MR) is 185 cm³/mol. The summed E-state index contributed by atoms with van der Waals surface area (Å²) in [6, 6.07) is 22.4. The van der Waals surface area contributed by atoms with E-state index in [1.807, 2.05) is 50.2 Å². The number of ether oxygens (including phenoxy) is 3. The fraction of sp³-hybridized carbons (Fsp3) is 0.189. The number of hydrogen-bond donors (Lipinski definition) is 0. The number of carbonyl (C=O) groups is 2. The van der Waals surface area contributed by atoms with E-state index in [0.717, 1.165) is 22.1 Å². The van der Waals surface area contributed by atoms with Gasteiger partial charge in [-0.25, -0.2) is 14.6 Å². The first kappa shape index (κ1) is 33.0. The Morgan fingerprint density at radius 2 is 1.71 bits per heavy atom. The van der Waals surface area contributed by atoms with Gasteiger partial charge < -0.3 is 14.2 Å². The van der Waals surface area contributed by atoms with E-state index < -0.39 is 28.5 Å². The molecule has 12 heteroatoms. The Balaban J connectivity index is 1.49. The number of nitrogens with zero attached hydrogens (tertiary/aromatic N) is 3. The van der Waals surface area contributed by atoms with Gasteiger partial charge in [-0.3, -0.25) is 19.5 Å². The van der Waals surface area contributed by atoms with Crippen LogP contribution in [-0.2, 0) is 9.53 Å². The van der Waals surface area contributed by atoms with Gasteiger partial charge in [0.1, 0.15) is 11.5 Å². The van der Waals surface area contributed by atoms with Crippen LogP contribution in [0.2, 0.25) is 0 Å². The van der Waals surface area contributed by atoms with Gasteiger partial charge in [-0.05, 0) is 80.4 Å². The molecule has 2 heterocycles. The van der Waals surface area contributed by atoms with Gasteiger partial charge in [0.25, 0.3) is 11.2 Å². The monoisotopic (exact) mass is 677 g/mol. The maximum atomic E-state index is 14.3. The van der Waals surface area contributed by atoms with Gasteiger partial charge in [-0.15, -0.1) is 0 Å². The van der Waals surface area contributed by atoms with Gasteiger partial charge in [-0.2, -0.15) is 0 Å². The largest absolute Gasteiger partial charge is 0.491 e. The lowest BCUT2D eigenvalue weighted by atomic mass is 9.96. The zero-order valence-electron chi connectivity index (χ0n) is 27.0. The second kappa shape index (κ2) is 13.7. The minimum absolute atomic E-state index is 0.0341.